The zero-order valence-corrected chi connectivity index (χ0v) is 8.80. The first-order chi connectivity index (χ1) is 6.79. The van der Waals surface area contributed by atoms with Gasteiger partial charge in [-0.3, -0.25) is 4.98 Å². The van der Waals surface area contributed by atoms with Gasteiger partial charge in [0.2, 0.25) is 0 Å². The molecule has 1 aromatic rings. The lowest BCUT2D eigenvalue weighted by Crippen LogP contribution is -2.24. The molecule has 0 unspecified atom stereocenters. The number of rotatable bonds is 1. The van der Waals surface area contributed by atoms with Gasteiger partial charge in [0.15, 0.2) is 0 Å². The lowest BCUT2D eigenvalue weighted by molar-refractivity contribution is 0.715. The van der Waals surface area contributed by atoms with Crippen LogP contribution in [0.2, 0.25) is 0 Å². The van der Waals surface area contributed by atoms with Crippen LogP contribution < -0.4 is 5.32 Å². The molecule has 0 aromatic carbocycles. The molecule has 14 heavy (non-hydrogen) atoms. The number of aromatic nitrogens is 1. The van der Waals surface area contributed by atoms with Crippen molar-refractivity contribution in [2.75, 3.05) is 13.1 Å². The summed E-state index contributed by atoms with van der Waals surface area (Å²) >= 11 is 0. The summed E-state index contributed by atoms with van der Waals surface area (Å²) in [6.07, 6.45) is 4.97. The van der Waals surface area contributed by atoms with Crippen LogP contribution in [-0.2, 0) is 0 Å². The summed E-state index contributed by atoms with van der Waals surface area (Å²) in [4.78, 5) is 4.12. The summed E-state index contributed by atoms with van der Waals surface area (Å²) in [5.74, 6) is 0. The zero-order chi connectivity index (χ0) is 9.97. The van der Waals surface area contributed by atoms with Crippen LogP contribution in [0.15, 0.2) is 24.0 Å². The number of aryl methyl sites for hydroxylation is 1. The van der Waals surface area contributed by atoms with Crippen LogP contribution in [-0.4, -0.2) is 18.1 Å². The average Bonchev–Trinajstić information content (AvgIpc) is 2.20. The molecule has 1 aliphatic rings. The Morgan fingerprint density at radius 2 is 2.21 bits per heavy atom. The van der Waals surface area contributed by atoms with Gasteiger partial charge in [0.25, 0.3) is 0 Å². The molecule has 0 aliphatic carbocycles. The fraction of sp³-hybridized carbons (Fsp3) is 0.417. The smallest absolute Gasteiger partial charge is 0.0303 e. The van der Waals surface area contributed by atoms with Crippen molar-refractivity contribution in [2.45, 2.75) is 20.3 Å². The van der Waals surface area contributed by atoms with Gasteiger partial charge in [0, 0.05) is 18.9 Å². The van der Waals surface area contributed by atoms with Crippen molar-refractivity contribution < 1.29 is 0 Å². The molecule has 0 bridgehead atoms. The predicted octanol–water partition coefficient (Wildman–Crippen LogP) is 2.16. The second kappa shape index (κ2) is 3.93. The number of pyridine rings is 1. The van der Waals surface area contributed by atoms with Crippen molar-refractivity contribution >= 4 is 5.57 Å². The highest BCUT2D eigenvalue weighted by Gasteiger charge is 2.11. The number of nitrogens with one attached hydrogen (secondary N) is 1. The average molecular weight is 188 g/mol. The van der Waals surface area contributed by atoms with E-state index in [1.165, 1.54) is 22.3 Å². The zero-order valence-electron chi connectivity index (χ0n) is 8.80. The fourth-order valence-corrected chi connectivity index (χ4v) is 1.93. The minimum absolute atomic E-state index is 0.997. The van der Waals surface area contributed by atoms with Crippen molar-refractivity contribution in [2.24, 2.45) is 0 Å². The maximum absolute atomic E-state index is 4.12. The summed E-state index contributed by atoms with van der Waals surface area (Å²) in [7, 11) is 0. The summed E-state index contributed by atoms with van der Waals surface area (Å²) < 4.78 is 0. The van der Waals surface area contributed by atoms with E-state index in [-0.39, 0.29) is 0 Å². The number of hydrogen-bond acceptors (Lipinski definition) is 2. The Hall–Kier alpha value is -1.15. The first kappa shape index (κ1) is 9.41. The second-order valence-electron chi connectivity index (χ2n) is 3.88. The van der Waals surface area contributed by atoms with Gasteiger partial charge < -0.3 is 5.32 Å². The molecule has 2 heteroatoms. The van der Waals surface area contributed by atoms with Crippen molar-refractivity contribution in [1.82, 2.24) is 10.3 Å². The third-order valence-electron chi connectivity index (χ3n) is 2.84. The molecule has 1 N–H and O–H groups in total. The predicted molar refractivity (Wildman–Crippen MR) is 59.1 cm³/mol. The van der Waals surface area contributed by atoms with E-state index in [4.69, 9.17) is 0 Å². The monoisotopic (exact) mass is 188 g/mol. The van der Waals surface area contributed by atoms with E-state index in [0.717, 1.165) is 19.5 Å². The summed E-state index contributed by atoms with van der Waals surface area (Å²) in [5, 5.41) is 3.41. The van der Waals surface area contributed by atoms with Gasteiger partial charge in [-0.2, -0.15) is 0 Å². The maximum Gasteiger partial charge on any atom is 0.0303 e. The van der Waals surface area contributed by atoms with E-state index >= 15 is 0 Å². The molecule has 0 atom stereocenters. The fourth-order valence-electron chi connectivity index (χ4n) is 1.93. The minimum Gasteiger partial charge on any atom is -0.312 e. The van der Waals surface area contributed by atoms with Crippen LogP contribution in [0.1, 0.15) is 24.5 Å². The number of hydrogen-bond donors (Lipinski definition) is 1. The van der Waals surface area contributed by atoms with Crippen molar-refractivity contribution in [1.29, 1.82) is 0 Å². The first-order valence-electron chi connectivity index (χ1n) is 5.09. The molecule has 74 valence electrons. The lowest BCUT2D eigenvalue weighted by atomic mass is 9.94. The van der Waals surface area contributed by atoms with Crippen LogP contribution >= 0.6 is 0 Å². The highest BCUT2D eigenvalue weighted by molar-refractivity contribution is 5.72. The van der Waals surface area contributed by atoms with E-state index in [1.54, 1.807) is 0 Å². The molecule has 2 nitrogen and oxygen atoms in total. The summed E-state index contributed by atoms with van der Waals surface area (Å²) in [5.41, 5.74) is 5.59. The summed E-state index contributed by atoms with van der Waals surface area (Å²) in [6.45, 7) is 6.46. The van der Waals surface area contributed by atoms with Crippen LogP contribution in [0, 0.1) is 6.92 Å². The molecule has 2 heterocycles. The van der Waals surface area contributed by atoms with Gasteiger partial charge in [0.1, 0.15) is 0 Å². The van der Waals surface area contributed by atoms with Crippen LogP contribution in [0.4, 0.5) is 0 Å². The quantitative estimate of drug-likeness (QED) is 0.730. The topological polar surface area (TPSA) is 24.9 Å². The Kier molecular flexibility index (Phi) is 2.64. The molecule has 0 radical (unpaired) electrons. The van der Waals surface area contributed by atoms with E-state index in [0.29, 0.717) is 0 Å². The van der Waals surface area contributed by atoms with Gasteiger partial charge in [-0.15, -0.1) is 0 Å². The minimum atomic E-state index is 0.997. The molecule has 1 aromatic heterocycles. The van der Waals surface area contributed by atoms with Gasteiger partial charge in [-0.05, 0) is 49.6 Å². The van der Waals surface area contributed by atoms with Crippen LogP contribution in [0.3, 0.4) is 0 Å². The van der Waals surface area contributed by atoms with Crippen molar-refractivity contribution in [3.05, 3.63) is 35.2 Å². The number of nitrogens with zero attached hydrogens (tertiary/aromatic N) is 1. The Morgan fingerprint density at radius 1 is 1.36 bits per heavy atom. The van der Waals surface area contributed by atoms with Crippen LogP contribution in [0.5, 0.6) is 0 Å². The van der Waals surface area contributed by atoms with Gasteiger partial charge in [0.05, 0.1) is 0 Å². The molecule has 0 spiro atoms. The highest BCUT2D eigenvalue weighted by atomic mass is 14.9. The third-order valence-corrected chi connectivity index (χ3v) is 2.84. The normalized spacial score (nSPS) is 17.3. The maximum atomic E-state index is 4.12. The van der Waals surface area contributed by atoms with Crippen LogP contribution in [0.25, 0.3) is 5.57 Å². The molecule has 2 rings (SSSR count). The second-order valence-corrected chi connectivity index (χ2v) is 3.88. The lowest BCUT2D eigenvalue weighted by Gasteiger charge is -2.20. The van der Waals surface area contributed by atoms with Crippen molar-refractivity contribution in [3.8, 4) is 0 Å². The van der Waals surface area contributed by atoms with E-state index in [1.807, 2.05) is 12.4 Å². The van der Waals surface area contributed by atoms with Crippen molar-refractivity contribution in [3.63, 3.8) is 0 Å². The Labute approximate surface area is 85.1 Å². The Morgan fingerprint density at radius 3 is 2.93 bits per heavy atom. The molecule has 0 saturated heterocycles. The first-order valence-corrected chi connectivity index (χ1v) is 5.09. The van der Waals surface area contributed by atoms with E-state index < -0.39 is 0 Å². The molecule has 1 aliphatic heterocycles. The van der Waals surface area contributed by atoms with Gasteiger partial charge in [-0.25, -0.2) is 0 Å². The Bertz CT molecular complexity index is 366. The summed E-state index contributed by atoms with van der Waals surface area (Å²) in [6, 6.07) is 2.11. The standard InChI is InChI=1S/C12H16N2/c1-9-3-5-14-8-12(9)11-4-6-13-7-10(11)2/h4,6-7,14H,3,5,8H2,1-2H3. The van der Waals surface area contributed by atoms with E-state index in [9.17, 15) is 0 Å². The molecule has 0 saturated carbocycles. The molecular weight excluding hydrogens is 172 g/mol. The molecule has 0 fully saturated rings. The largest absolute Gasteiger partial charge is 0.312 e. The highest BCUT2D eigenvalue weighted by Crippen LogP contribution is 2.24. The van der Waals surface area contributed by atoms with Gasteiger partial charge in [-0.1, -0.05) is 5.57 Å². The molecule has 0 amide bonds. The van der Waals surface area contributed by atoms with Gasteiger partial charge >= 0.3 is 0 Å². The van der Waals surface area contributed by atoms with E-state index in [2.05, 4.69) is 30.2 Å². The Balaban J connectivity index is 2.43. The third kappa shape index (κ3) is 1.70. The molecular formula is C12H16N2. The SMILES string of the molecule is CC1=C(c2ccncc2C)CNCC1.